The number of carbonyl (C=O) groups excluding carboxylic acids is 1. The predicted octanol–water partition coefficient (Wildman–Crippen LogP) is 1.14. The van der Waals surface area contributed by atoms with Gasteiger partial charge in [0.15, 0.2) is 0 Å². The van der Waals surface area contributed by atoms with Crippen molar-refractivity contribution in [2.75, 3.05) is 24.6 Å². The topological polar surface area (TPSA) is 96.7 Å². The lowest BCUT2D eigenvalue weighted by Crippen LogP contribution is -2.41. The molecule has 0 radical (unpaired) electrons. The van der Waals surface area contributed by atoms with Crippen LogP contribution in [0.1, 0.15) is 32.1 Å². The average Bonchev–Trinajstić information content (AvgIpc) is 3.52. The molecule has 1 aromatic heterocycles. The van der Waals surface area contributed by atoms with Crippen LogP contribution < -0.4 is 15.8 Å². The first-order valence-electron chi connectivity index (χ1n) is 9.12. The summed E-state index contributed by atoms with van der Waals surface area (Å²) in [4.78, 5) is 26.3. The number of nitrogens with zero attached hydrogens (tertiary/aromatic N) is 3. The van der Waals surface area contributed by atoms with Gasteiger partial charge in [-0.05, 0) is 31.6 Å². The summed E-state index contributed by atoms with van der Waals surface area (Å²) in [6, 6.07) is 0. The molecule has 2 heterocycles. The number of halogens is 1. The van der Waals surface area contributed by atoms with Gasteiger partial charge in [0.05, 0.1) is 31.6 Å². The summed E-state index contributed by atoms with van der Waals surface area (Å²) in [6.07, 6.45) is 6.12. The van der Waals surface area contributed by atoms with E-state index >= 15 is 0 Å². The zero-order valence-corrected chi connectivity index (χ0v) is 15.2. The van der Waals surface area contributed by atoms with Crippen LogP contribution in [0, 0.1) is 5.92 Å². The molecule has 3 aliphatic rings. The lowest BCUT2D eigenvalue weighted by atomic mass is 10.1. The molecule has 0 unspecified atom stereocenters. The van der Waals surface area contributed by atoms with Gasteiger partial charge in [0, 0.05) is 18.5 Å². The molecule has 2 aliphatic carbocycles. The van der Waals surface area contributed by atoms with Gasteiger partial charge >= 0.3 is 6.09 Å². The van der Waals surface area contributed by atoms with Crippen molar-refractivity contribution >= 4 is 23.4 Å². The number of carbonyl (C=O) groups is 1. The highest BCUT2D eigenvalue weighted by molar-refractivity contribution is 6.33. The third kappa shape index (κ3) is 3.40. The highest BCUT2D eigenvalue weighted by atomic mass is 35.5. The van der Waals surface area contributed by atoms with E-state index in [2.05, 4.69) is 10.4 Å². The van der Waals surface area contributed by atoms with Crippen LogP contribution in [0.15, 0.2) is 11.0 Å². The van der Waals surface area contributed by atoms with Crippen LogP contribution >= 0.6 is 11.6 Å². The number of hydrogen-bond acceptors (Lipinski definition) is 6. The second-order valence-corrected chi connectivity index (χ2v) is 7.79. The maximum absolute atomic E-state index is 12.2. The Morgan fingerprint density at radius 2 is 2.19 bits per heavy atom. The summed E-state index contributed by atoms with van der Waals surface area (Å²) < 4.78 is 6.71. The third-order valence-corrected chi connectivity index (χ3v) is 5.89. The number of aliphatic hydroxyl groups is 1. The number of amides is 1. The van der Waals surface area contributed by atoms with E-state index in [-0.39, 0.29) is 35.9 Å². The van der Waals surface area contributed by atoms with E-state index in [9.17, 15) is 9.59 Å². The molecule has 26 heavy (non-hydrogen) atoms. The number of rotatable bonds is 6. The van der Waals surface area contributed by atoms with E-state index in [1.54, 1.807) is 0 Å². The molecular weight excluding hydrogens is 360 g/mol. The van der Waals surface area contributed by atoms with Crippen LogP contribution in [0.3, 0.4) is 0 Å². The van der Waals surface area contributed by atoms with Crippen LogP contribution in [-0.4, -0.2) is 52.3 Å². The molecule has 2 N–H and O–H groups in total. The molecule has 8 nitrogen and oxygen atoms in total. The highest BCUT2D eigenvalue weighted by Crippen LogP contribution is 2.53. The van der Waals surface area contributed by atoms with Crippen molar-refractivity contribution in [2.45, 2.75) is 50.3 Å². The van der Waals surface area contributed by atoms with E-state index in [1.807, 2.05) is 4.90 Å². The molecule has 142 valence electrons. The Labute approximate surface area is 156 Å². The fraction of sp³-hybridized carbons (Fsp3) is 0.706. The minimum atomic E-state index is -0.430. The molecule has 9 heteroatoms. The van der Waals surface area contributed by atoms with Gasteiger partial charge in [0.25, 0.3) is 5.56 Å². The number of aliphatic hydroxyl groups excluding tert-OH is 1. The Balaban J connectivity index is 1.35. The number of anilines is 1. The van der Waals surface area contributed by atoms with E-state index < -0.39 is 5.56 Å². The Hall–Kier alpha value is -1.80. The van der Waals surface area contributed by atoms with Crippen LogP contribution in [0.2, 0.25) is 5.02 Å². The second kappa shape index (κ2) is 6.74. The van der Waals surface area contributed by atoms with Gasteiger partial charge in [-0.15, -0.1) is 0 Å². The third-order valence-electron chi connectivity index (χ3n) is 5.54. The highest BCUT2D eigenvalue weighted by Gasteiger charge is 2.55. The maximum atomic E-state index is 12.2. The van der Waals surface area contributed by atoms with E-state index in [0.717, 1.165) is 17.5 Å². The maximum Gasteiger partial charge on any atom is 0.407 e. The Kier molecular flexibility index (Phi) is 4.56. The van der Waals surface area contributed by atoms with E-state index in [1.165, 1.54) is 19.0 Å². The summed E-state index contributed by atoms with van der Waals surface area (Å²) in [5, 5.41) is 16.1. The molecule has 2 saturated carbocycles. The van der Waals surface area contributed by atoms with Crippen molar-refractivity contribution in [1.29, 1.82) is 0 Å². The number of alkyl carbamates (subject to hydrolysis) is 1. The fourth-order valence-corrected chi connectivity index (χ4v) is 4.03. The number of hydrogen-bond donors (Lipinski definition) is 2. The zero-order chi connectivity index (χ0) is 18.3. The molecule has 1 aromatic rings. The van der Waals surface area contributed by atoms with Crippen LogP contribution in [-0.2, 0) is 11.3 Å². The standard InChI is InChI=1S/C17H23ClN4O4/c18-14-13(9-19-22(7-8-23)15(14)24)21-6-3-12(10-21)26-16(25)20-17(4-5-17)11-1-2-11/h9,11-12,23H,1-8,10H2,(H,20,25)/t12-/m1/s1. The van der Waals surface area contributed by atoms with Crippen molar-refractivity contribution < 1.29 is 14.6 Å². The summed E-state index contributed by atoms with van der Waals surface area (Å²) in [6.45, 7) is 1.04. The van der Waals surface area contributed by atoms with Gasteiger partial charge in [0.1, 0.15) is 11.1 Å². The number of nitrogens with one attached hydrogen (secondary N) is 1. The Morgan fingerprint density at radius 3 is 2.85 bits per heavy atom. The van der Waals surface area contributed by atoms with Crippen molar-refractivity contribution in [3.05, 3.63) is 21.6 Å². The molecule has 1 saturated heterocycles. The first-order valence-corrected chi connectivity index (χ1v) is 9.50. The first kappa shape index (κ1) is 17.6. The normalized spacial score (nSPS) is 23.8. The van der Waals surface area contributed by atoms with Gasteiger partial charge in [-0.3, -0.25) is 4.79 Å². The Bertz CT molecular complexity index is 760. The lowest BCUT2D eigenvalue weighted by Gasteiger charge is -2.21. The lowest BCUT2D eigenvalue weighted by molar-refractivity contribution is 0.102. The van der Waals surface area contributed by atoms with Crippen LogP contribution in [0.4, 0.5) is 10.5 Å². The van der Waals surface area contributed by atoms with Crippen molar-refractivity contribution in [2.24, 2.45) is 5.92 Å². The van der Waals surface area contributed by atoms with E-state index in [4.69, 9.17) is 21.4 Å². The van der Waals surface area contributed by atoms with Gasteiger partial charge < -0.3 is 20.1 Å². The number of ether oxygens (including phenoxy) is 1. The molecule has 3 fully saturated rings. The van der Waals surface area contributed by atoms with Crippen molar-refractivity contribution in [3.8, 4) is 0 Å². The largest absolute Gasteiger partial charge is 0.444 e. The molecule has 1 amide bonds. The fourth-order valence-electron chi connectivity index (χ4n) is 3.76. The van der Waals surface area contributed by atoms with Gasteiger partial charge in [-0.25, -0.2) is 9.48 Å². The first-order chi connectivity index (χ1) is 12.5. The average molecular weight is 383 g/mol. The molecular formula is C17H23ClN4O4. The van der Waals surface area contributed by atoms with Gasteiger partial charge in [0.2, 0.25) is 0 Å². The second-order valence-electron chi connectivity index (χ2n) is 7.41. The summed E-state index contributed by atoms with van der Waals surface area (Å²) in [5.41, 5.74) is 0.106. The smallest absolute Gasteiger partial charge is 0.407 e. The van der Waals surface area contributed by atoms with Crippen molar-refractivity contribution in [3.63, 3.8) is 0 Å². The SMILES string of the molecule is O=C(NC1(C2CC2)CC1)O[C@@H]1CCN(c2cnn(CCO)c(=O)c2Cl)C1. The van der Waals surface area contributed by atoms with Crippen molar-refractivity contribution in [1.82, 2.24) is 15.1 Å². The van der Waals surface area contributed by atoms with Gasteiger partial charge in [-0.2, -0.15) is 5.10 Å². The zero-order valence-electron chi connectivity index (χ0n) is 14.5. The van der Waals surface area contributed by atoms with Gasteiger partial charge in [-0.1, -0.05) is 11.6 Å². The van der Waals surface area contributed by atoms with E-state index in [0.29, 0.717) is 31.1 Å². The monoisotopic (exact) mass is 382 g/mol. The summed E-state index contributed by atoms with van der Waals surface area (Å²) >= 11 is 6.19. The molecule has 1 aliphatic heterocycles. The summed E-state index contributed by atoms with van der Waals surface area (Å²) in [5.74, 6) is 0.630. The van der Waals surface area contributed by atoms with Crippen LogP contribution in [0.25, 0.3) is 0 Å². The molecule has 1 atom stereocenters. The molecule has 4 rings (SSSR count). The predicted molar refractivity (Wildman–Crippen MR) is 95.5 cm³/mol. The molecule has 0 aromatic carbocycles. The Morgan fingerprint density at radius 1 is 1.42 bits per heavy atom. The summed E-state index contributed by atoms with van der Waals surface area (Å²) in [7, 11) is 0. The minimum Gasteiger partial charge on any atom is -0.444 e. The minimum absolute atomic E-state index is 0.000176. The molecule has 0 bridgehead atoms. The quantitative estimate of drug-likeness (QED) is 0.765. The van der Waals surface area contributed by atoms with Crippen LogP contribution in [0.5, 0.6) is 0 Å². The molecule has 0 spiro atoms. The number of aromatic nitrogens is 2.